The molecule has 0 unspecified atom stereocenters. The van der Waals surface area contributed by atoms with Gasteiger partial charge in [-0.15, -0.1) is 0 Å². The van der Waals surface area contributed by atoms with Crippen LogP contribution < -0.4 is 5.84 Å². The van der Waals surface area contributed by atoms with Crippen molar-refractivity contribution in [3.63, 3.8) is 0 Å². The van der Waals surface area contributed by atoms with Gasteiger partial charge in [-0.05, 0) is 18.1 Å². The van der Waals surface area contributed by atoms with Crippen LogP contribution in [0.15, 0.2) is 70.9 Å². The van der Waals surface area contributed by atoms with E-state index in [2.05, 4.69) is 58.8 Å². The van der Waals surface area contributed by atoms with Crippen LogP contribution in [0.2, 0.25) is 0 Å². The lowest BCUT2D eigenvalue weighted by Crippen LogP contribution is -1.93. The van der Waals surface area contributed by atoms with Crippen molar-refractivity contribution in [3.8, 4) is 11.1 Å². The topological polar surface area (TPSA) is 71.0 Å². The Labute approximate surface area is 119 Å². The molecular weight excluding hydrogens is 250 g/mol. The van der Waals surface area contributed by atoms with Gasteiger partial charge < -0.3 is 11.0 Å². The highest BCUT2D eigenvalue weighted by Crippen LogP contribution is 2.17. The summed E-state index contributed by atoms with van der Waals surface area (Å²) >= 11 is 0. The Hall–Kier alpha value is -2.62. The van der Waals surface area contributed by atoms with Crippen molar-refractivity contribution in [2.24, 2.45) is 16.1 Å². The molecule has 0 amide bonds. The summed E-state index contributed by atoms with van der Waals surface area (Å²) in [5.74, 6) is 4.76. The Morgan fingerprint density at radius 3 is 1.80 bits per heavy atom. The quantitative estimate of drug-likeness (QED) is 0.387. The Kier molecular flexibility index (Phi) is 7.20. The second-order valence-electron chi connectivity index (χ2n) is 4.10. The van der Waals surface area contributed by atoms with Crippen molar-refractivity contribution in [2.75, 3.05) is 0 Å². The normalized spacial score (nSPS) is 10.9. The molecule has 0 heterocycles. The molecule has 0 aliphatic heterocycles. The van der Waals surface area contributed by atoms with E-state index in [-0.39, 0.29) is 0 Å². The number of rotatable bonds is 3. The van der Waals surface area contributed by atoms with Gasteiger partial charge in [0.2, 0.25) is 0 Å². The molecule has 0 atom stereocenters. The highest BCUT2D eigenvalue weighted by Gasteiger charge is 1.91. The summed E-state index contributed by atoms with van der Waals surface area (Å²) in [6, 6.07) is 20.8. The van der Waals surface area contributed by atoms with Crippen molar-refractivity contribution in [2.45, 2.75) is 13.3 Å². The first kappa shape index (κ1) is 15.4. The second-order valence-corrected chi connectivity index (χ2v) is 4.10. The molecule has 20 heavy (non-hydrogen) atoms. The smallest absolute Gasteiger partial charge is 0.0593 e. The summed E-state index contributed by atoms with van der Waals surface area (Å²) in [6.45, 7) is 1.68. The molecule has 0 fully saturated rings. The van der Waals surface area contributed by atoms with E-state index in [1.165, 1.54) is 17.3 Å². The molecule has 0 bridgehead atoms. The standard InChI is InChI=1S/C12H10.C4H9N3O/c1-3-7-11(8-4-1)12-9-5-2-6-10-12;1-4(7-8)2-3-6-5/h1-10H;3,8H,2,5H2,1H3. The van der Waals surface area contributed by atoms with Crippen LogP contribution in [-0.4, -0.2) is 17.1 Å². The molecule has 2 rings (SSSR count). The number of oxime groups is 1. The summed E-state index contributed by atoms with van der Waals surface area (Å²) < 4.78 is 0. The van der Waals surface area contributed by atoms with Gasteiger partial charge in [0, 0.05) is 12.6 Å². The van der Waals surface area contributed by atoms with Gasteiger partial charge in [-0.2, -0.15) is 5.10 Å². The monoisotopic (exact) mass is 269 g/mol. The minimum atomic E-state index is 0.507. The summed E-state index contributed by atoms with van der Waals surface area (Å²) in [6.07, 6.45) is 1.97. The lowest BCUT2D eigenvalue weighted by Gasteiger charge is -1.98. The Morgan fingerprint density at radius 1 is 1.00 bits per heavy atom. The highest BCUT2D eigenvalue weighted by molar-refractivity contribution is 5.93. The number of hydrazone groups is 1. The molecule has 4 nitrogen and oxygen atoms in total. The minimum absolute atomic E-state index is 0.507. The molecule has 104 valence electrons. The van der Waals surface area contributed by atoms with E-state index in [1.54, 1.807) is 6.92 Å². The van der Waals surface area contributed by atoms with E-state index in [9.17, 15) is 0 Å². The first-order chi connectivity index (χ1) is 9.77. The Balaban J connectivity index is 0.000000221. The molecule has 0 radical (unpaired) electrons. The summed E-state index contributed by atoms with van der Waals surface area (Å²) in [5, 5.41) is 14.1. The maximum atomic E-state index is 8.05. The van der Waals surface area contributed by atoms with Crippen LogP contribution in [0.25, 0.3) is 11.1 Å². The molecular formula is C16H19N3O. The maximum Gasteiger partial charge on any atom is 0.0593 e. The van der Waals surface area contributed by atoms with Crippen LogP contribution >= 0.6 is 0 Å². The van der Waals surface area contributed by atoms with Gasteiger partial charge in [0.05, 0.1) is 5.71 Å². The zero-order valence-electron chi connectivity index (χ0n) is 11.5. The average molecular weight is 269 g/mol. The van der Waals surface area contributed by atoms with Gasteiger partial charge in [-0.25, -0.2) is 0 Å². The van der Waals surface area contributed by atoms with Crippen LogP contribution in [0, 0.1) is 0 Å². The van der Waals surface area contributed by atoms with Crippen molar-refractivity contribution < 1.29 is 5.21 Å². The van der Waals surface area contributed by atoms with E-state index in [0.29, 0.717) is 12.1 Å². The summed E-state index contributed by atoms with van der Waals surface area (Å²) in [5.41, 5.74) is 3.15. The SMILES string of the molecule is CC(CC=NN)=NO.c1ccc(-c2ccccc2)cc1. The van der Waals surface area contributed by atoms with Crippen molar-refractivity contribution in [1.29, 1.82) is 0 Å². The first-order valence-electron chi connectivity index (χ1n) is 6.27. The largest absolute Gasteiger partial charge is 0.411 e. The third kappa shape index (κ3) is 5.82. The van der Waals surface area contributed by atoms with Gasteiger partial charge in [-0.3, -0.25) is 0 Å². The zero-order valence-corrected chi connectivity index (χ0v) is 11.5. The predicted molar refractivity (Wildman–Crippen MR) is 84.1 cm³/mol. The number of benzene rings is 2. The van der Waals surface area contributed by atoms with Crippen LogP contribution in [0.1, 0.15) is 13.3 Å². The average Bonchev–Trinajstić information content (AvgIpc) is 2.55. The molecule has 0 spiro atoms. The maximum absolute atomic E-state index is 8.05. The van der Waals surface area contributed by atoms with Crippen molar-refractivity contribution in [1.82, 2.24) is 0 Å². The zero-order chi connectivity index (χ0) is 14.6. The number of hydrogen-bond acceptors (Lipinski definition) is 4. The molecule has 4 heteroatoms. The predicted octanol–water partition coefficient (Wildman–Crippen LogP) is 3.52. The van der Waals surface area contributed by atoms with Crippen molar-refractivity contribution in [3.05, 3.63) is 60.7 Å². The third-order valence-corrected chi connectivity index (χ3v) is 2.54. The lowest BCUT2D eigenvalue weighted by molar-refractivity contribution is 0.318. The Morgan fingerprint density at radius 2 is 1.45 bits per heavy atom. The summed E-state index contributed by atoms with van der Waals surface area (Å²) in [7, 11) is 0. The Bertz CT molecular complexity index is 499. The van der Waals surface area contributed by atoms with E-state index in [1.807, 2.05) is 12.1 Å². The molecule has 0 saturated carbocycles. The van der Waals surface area contributed by atoms with Crippen LogP contribution in [0.5, 0.6) is 0 Å². The van der Waals surface area contributed by atoms with E-state index in [0.717, 1.165) is 0 Å². The van der Waals surface area contributed by atoms with E-state index >= 15 is 0 Å². The molecule has 0 saturated heterocycles. The molecule has 0 aromatic heterocycles. The van der Waals surface area contributed by atoms with Gasteiger partial charge >= 0.3 is 0 Å². The number of hydrogen-bond donors (Lipinski definition) is 2. The van der Waals surface area contributed by atoms with Crippen LogP contribution in [-0.2, 0) is 0 Å². The highest BCUT2D eigenvalue weighted by atomic mass is 16.4. The van der Waals surface area contributed by atoms with Gasteiger partial charge in [0.15, 0.2) is 0 Å². The number of nitrogens with two attached hydrogens (primary N) is 1. The van der Waals surface area contributed by atoms with E-state index < -0.39 is 0 Å². The van der Waals surface area contributed by atoms with Crippen molar-refractivity contribution >= 4 is 11.9 Å². The van der Waals surface area contributed by atoms with Gasteiger partial charge in [0.25, 0.3) is 0 Å². The fourth-order valence-corrected chi connectivity index (χ4v) is 1.49. The number of nitrogens with zero attached hydrogens (tertiary/aromatic N) is 2. The fraction of sp³-hybridized carbons (Fsp3) is 0.125. The molecule has 0 aliphatic rings. The van der Waals surface area contributed by atoms with Crippen LogP contribution in [0.4, 0.5) is 0 Å². The van der Waals surface area contributed by atoms with Crippen LogP contribution in [0.3, 0.4) is 0 Å². The van der Waals surface area contributed by atoms with Gasteiger partial charge in [-0.1, -0.05) is 65.8 Å². The molecule has 2 aromatic rings. The molecule has 0 aliphatic carbocycles. The lowest BCUT2D eigenvalue weighted by atomic mass is 10.1. The third-order valence-electron chi connectivity index (χ3n) is 2.54. The molecule has 2 aromatic carbocycles. The van der Waals surface area contributed by atoms with Gasteiger partial charge in [0.1, 0.15) is 0 Å². The molecule has 3 N–H and O–H groups in total. The van der Waals surface area contributed by atoms with E-state index in [4.69, 9.17) is 11.0 Å². The fourth-order valence-electron chi connectivity index (χ4n) is 1.49. The second kappa shape index (κ2) is 9.33. The first-order valence-corrected chi connectivity index (χ1v) is 6.27. The minimum Gasteiger partial charge on any atom is -0.411 e. The summed E-state index contributed by atoms with van der Waals surface area (Å²) in [4.78, 5) is 0.